The fourth-order valence-electron chi connectivity index (χ4n) is 3.30. The molecule has 0 radical (unpaired) electrons. The number of benzene rings is 2. The molecule has 2 aromatic carbocycles. The van der Waals surface area contributed by atoms with Crippen molar-refractivity contribution in [1.29, 1.82) is 0 Å². The molecule has 154 valence electrons. The van der Waals surface area contributed by atoms with Crippen molar-refractivity contribution in [3.63, 3.8) is 0 Å². The Kier molecular flexibility index (Phi) is 6.43. The van der Waals surface area contributed by atoms with Crippen LogP contribution in [-0.2, 0) is 25.8 Å². The molecule has 0 aliphatic carbocycles. The monoisotopic (exact) mass is 478 g/mol. The summed E-state index contributed by atoms with van der Waals surface area (Å²) in [6.07, 6.45) is 0.901. The largest absolute Gasteiger partial charge is 0.325 e. The maximum atomic E-state index is 12.7. The molecule has 2 aromatic rings. The van der Waals surface area contributed by atoms with Gasteiger partial charge in [0.05, 0.1) is 16.3 Å². The van der Waals surface area contributed by atoms with Gasteiger partial charge in [-0.05, 0) is 70.7 Å². The standard InChI is InChI=1S/C21H23BrN2O4S/c1-3-21(26)24-10-8-15-13-16(5-7-19(15)24)29(27,28)11-9-20(25)23-18-6-4-14(2)12-17(18)22/h4-7,12-13H,3,8-11H2,1-2H3,(H,23,25). The third kappa shape index (κ3) is 4.87. The highest BCUT2D eigenvalue weighted by molar-refractivity contribution is 9.10. The molecule has 0 atom stereocenters. The van der Waals surface area contributed by atoms with Gasteiger partial charge in [-0.15, -0.1) is 0 Å². The topological polar surface area (TPSA) is 83.6 Å². The fraction of sp³-hybridized carbons (Fsp3) is 0.333. The third-order valence-electron chi connectivity index (χ3n) is 4.91. The third-order valence-corrected chi connectivity index (χ3v) is 7.28. The molecule has 8 heteroatoms. The van der Waals surface area contributed by atoms with Gasteiger partial charge < -0.3 is 10.2 Å². The van der Waals surface area contributed by atoms with E-state index in [0.717, 1.165) is 21.3 Å². The number of anilines is 2. The first-order valence-corrected chi connectivity index (χ1v) is 11.9. The maximum Gasteiger partial charge on any atom is 0.226 e. The van der Waals surface area contributed by atoms with Crippen molar-refractivity contribution >= 4 is 49.0 Å². The second kappa shape index (κ2) is 8.67. The molecule has 0 bridgehead atoms. The number of carbonyl (C=O) groups is 2. The molecule has 0 saturated heterocycles. The number of sulfone groups is 1. The Morgan fingerprint density at radius 3 is 2.62 bits per heavy atom. The summed E-state index contributed by atoms with van der Waals surface area (Å²) in [5.74, 6) is -0.615. The predicted octanol–water partition coefficient (Wildman–Crippen LogP) is 3.86. The molecule has 2 amide bonds. The molecule has 0 fully saturated rings. The lowest BCUT2D eigenvalue weighted by Crippen LogP contribution is -2.27. The van der Waals surface area contributed by atoms with Crippen LogP contribution < -0.4 is 10.2 Å². The molecule has 1 heterocycles. The Labute approximate surface area is 179 Å². The lowest BCUT2D eigenvalue weighted by atomic mass is 10.2. The summed E-state index contributed by atoms with van der Waals surface area (Å²) in [5, 5.41) is 2.73. The molecule has 1 aliphatic rings. The van der Waals surface area contributed by atoms with Gasteiger partial charge >= 0.3 is 0 Å². The van der Waals surface area contributed by atoms with Crippen LogP contribution in [0.4, 0.5) is 11.4 Å². The summed E-state index contributed by atoms with van der Waals surface area (Å²) in [7, 11) is -3.61. The van der Waals surface area contributed by atoms with Gasteiger partial charge in [-0.3, -0.25) is 9.59 Å². The van der Waals surface area contributed by atoms with E-state index in [0.29, 0.717) is 25.1 Å². The van der Waals surface area contributed by atoms with E-state index in [1.54, 1.807) is 30.0 Å². The van der Waals surface area contributed by atoms with E-state index in [1.165, 1.54) is 6.07 Å². The van der Waals surface area contributed by atoms with Crippen molar-refractivity contribution in [2.75, 3.05) is 22.5 Å². The van der Waals surface area contributed by atoms with Gasteiger partial charge in [0, 0.05) is 29.5 Å². The van der Waals surface area contributed by atoms with E-state index in [2.05, 4.69) is 21.2 Å². The number of halogens is 1. The summed E-state index contributed by atoms with van der Waals surface area (Å²) >= 11 is 3.39. The van der Waals surface area contributed by atoms with E-state index in [-0.39, 0.29) is 28.9 Å². The zero-order valence-corrected chi connectivity index (χ0v) is 18.8. The van der Waals surface area contributed by atoms with Crippen LogP contribution in [0.1, 0.15) is 30.9 Å². The maximum absolute atomic E-state index is 12.7. The van der Waals surface area contributed by atoms with E-state index < -0.39 is 9.84 Å². The van der Waals surface area contributed by atoms with Crippen LogP contribution in [0.3, 0.4) is 0 Å². The summed E-state index contributed by atoms with van der Waals surface area (Å²) in [6.45, 7) is 4.32. The molecule has 6 nitrogen and oxygen atoms in total. The van der Waals surface area contributed by atoms with E-state index in [4.69, 9.17) is 0 Å². The Morgan fingerprint density at radius 1 is 1.17 bits per heavy atom. The Hall–Kier alpha value is -2.19. The molecular formula is C21H23BrN2O4S. The first-order chi connectivity index (χ1) is 13.7. The van der Waals surface area contributed by atoms with Gasteiger partial charge in [-0.25, -0.2) is 8.42 Å². The molecular weight excluding hydrogens is 456 g/mol. The Balaban J connectivity index is 1.67. The van der Waals surface area contributed by atoms with Gasteiger partial charge in [-0.1, -0.05) is 13.0 Å². The van der Waals surface area contributed by atoms with Gasteiger partial charge in [0.25, 0.3) is 0 Å². The van der Waals surface area contributed by atoms with Crippen molar-refractivity contribution in [2.45, 2.75) is 38.0 Å². The van der Waals surface area contributed by atoms with Gasteiger partial charge in [-0.2, -0.15) is 0 Å². The number of amides is 2. The fourth-order valence-corrected chi connectivity index (χ4v) is 5.18. The zero-order valence-electron chi connectivity index (χ0n) is 16.4. The molecule has 29 heavy (non-hydrogen) atoms. The number of hydrogen-bond acceptors (Lipinski definition) is 4. The van der Waals surface area contributed by atoms with Crippen LogP contribution in [0.25, 0.3) is 0 Å². The van der Waals surface area contributed by atoms with Gasteiger partial charge in [0.1, 0.15) is 0 Å². The number of rotatable bonds is 6. The number of aryl methyl sites for hydroxylation is 1. The van der Waals surface area contributed by atoms with Crippen LogP contribution in [-0.4, -0.2) is 32.5 Å². The minimum Gasteiger partial charge on any atom is -0.325 e. The number of hydrogen-bond donors (Lipinski definition) is 1. The predicted molar refractivity (Wildman–Crippen MR) is 117 cm³/mol. The van der Waals surface area contributed by atoms with Crippen LogP contribution in [0.2, 0.25) is 0 Å². The summed E-state index contributed by atoms with van der Waals surface area (Å²) in [6, 6.07) is 10.4. The summed E-state index contributed by atoms with van der Waals surface area (Å²) < 4.78 is 26.2. The minimum atomic E-state index is -3.61. The van der Waals surface area contributed by atoms with Crippen LogP contribution >= 0.6 is 15.9 Å². The number of nitrogens with one attached hydrogen (secondary N) is 1. The first-order valence-electron chi connectivity index (χ1n) is 9.43. The van der Waals surface area contributed by atoms with E-state index in [1.807, 2.05) is 19.1 Å². The number of carbonyl (C=O) groups excluding carboxylic acids is 2. The van der Waals surface area contributed by atoms with Gasteiger partial charge in [0.2, 0.25) is 11.8 Å². The smallest absolute Gasteiger partial charge is 0.226 e. The number of nitrogens with zero attached hydrogens (tertiary/aromatic N) is 1. The molecule has 0 spiro atoms. The average molecular weight is 479 g/mol. The van der Waals surface area contributed by atoms with Gasteiger partial charge in [0.15, 0.2) is 9.84 Å². The van der Waals surface area contributed by atoms with Crippen molar-refractivity contribution < 1.29 is 18.0 Å². The van der Waals surface area contributed by atoms with E-state index >= 15 is 0 Å². The lowest BCUT2D eigenvalue weighted by molar-refractivity contribution is -0.118. The van der Waals surface area contributed by atoms with Crippen LogP contribution in [0.15, 0.2) is 45.8 Å². The molecule has 3 rings (SSSR count). The molecule has 0 unspecified atom stereocenters. The quantitative estimate of drug-likeness (QED) is 0.682. The van der Waals surface area contributed by atoms with Crippen molar-refractivity contribution in [3.05, 3.63) is 52.0 Å². The number of fused-ring (bicyclic) bond motifs is 1. The Morgan fingerprint density at radius 2 is 1.93 bits per heavy atom. The summed E-state index contributed by atoms with van der Waals surface area (Å²) in [5.41, 5.74) is 3.28. The molecule has 0 aromatic heterocycles. The lowest BCUT2D eigenvalue weighted by Gasteiger charge is -2.16. The normalized spacial score (nSPS) is 13.3. The molecule has 0 saturated carbocycles. The Bertz CT molecular complexity index is 1070. The van der Waals surface area contributed by atoms with Crippen LogP contribution in [0, 0.1) is 6.92 Å². The second-order valence-electron chi connectivity index (χ2n) is 7.04. The van der Waals surface area contributed by atoms with Crippen molar-refractivity contribution in [1.82, 2.24) is 0 Å². The average Bonchev–Trinajstić information content (AvgIpc) is 3.11. The first kappa shape index (κ1) is 21.5. The van der Waals surface area contributed by atoms with Crippen molar-refractivity contribution in [3.8, 4) is 0 Å². The van der Waals surface area contributed by atoms with Crippen molar-refractivity contribution in [2.24, 2.45) is 0 Å². The SMILES string of the molecule is CCC(=O)N1CCc2cc(S(=O)(=O)CCC(=O)Nc3ccc(C)cc3Br)ccc21. The highest BCUT2D eigenvalue weighted by Crippen LogP contribution is 2.31. The second-order valence-corrected chi connectivity index (χ2v) is 10.0. The van der Waals surface area contributed by atoms with E-state index in [9.17, 15) is 18.0 Å². The molecule has 1 N–H and O–H groups in total. The summed E-state index contributed by atoms with van der Waals surface area (Å²) in [4.78, 5) is 26.1. The highest BCUT2D eigenvalue weighted by Gasteiger charge is 2.26. The minimum absolute atomic E-state index is 0.0262. The zero-order chi connectivity index (χ0) is 21.2. The van der Waals surface area contributed by atoms with Crippen LogP contribution in [0.5, 0.6) is 0 Å². The highest BCUT2D eigenvalue weighted by atomic mass is 79.9. The molecule has 1 aliphatic heterocycles.